The second-order valence-corrected chi connectivity index (χ2v) is 8.75. The van der Waals surface area contributed by atoms with E-state index in [4.69, 9.17) is 9.15 Å². The zero-order chi connectivity index (χ0) is 24.1. The average Bonchev–Trinajstić information content (AvgIpc) is 3.54. The topological polar surface area (TPSA) is 71.8 Å². The molecule has 6 nitrogen and oxygen atoms in total. The smallest absolute Gasteiger partial charge is 0.262 e. The Morgan fingerprint density at radius 3 is 2.29 bits per heavy atom. The fourth-order valence-electron chi connectivity index (χ4n) is 4.57. The molecule has 1 aromatic heterocycles. The zero-order valence-electron chi connectivity index (χ0n) is 20.0. The van der Waals surface area contributed by atoms with Crippen LogP contribution in [0, 0.1) is 6.92 Å². The SMILES string of the molecule is CCc1ccc(N(C(=O)c2ccoc2C)[C@H](C(=O)NC2CCCC2)c2ccc(OC)cc2)cc1. The van der Waals surface area contributed by atoms with Gasteiger partial charge in [-0.05, 0) is 67.6 Å². The molecule has 3 aromatic rings. The van der Waals surface area contributed by atoms with Crippen LogP contribution in [0.25, 0.3) is 0 Å². The second-order valence-electron chi connectivity index (χ2n) is 8.75. The van der Waals surface area contributed by atoms with E-state index in [9.17, 15) is 9.59 Å². The quantitative estimate of drug-likeness (QED) is 0.475. The van der Waals surface area contributed by atoms with Crippen LogP contribution in [0.5, 0.6) is 5.75 Å². The highest BCUT2D eigenvalue weighted by molar-refractivity contribution is 6.10. The van der Waals surface area contributed by atoms with Gasteiger partial charge in [0.1, 0.15) is 17.6 Å². The lowest BCUT2D eigenvalue weighted by atomic mass is 10.0. The third kappa shape index (κ3) is 5.01. The summed E-state index contributed by atoms with van der Waals surface area (Å²) in [4.78, 5) is 29.3. The summed E-state index contributed by atoms with van der Waals surface area (Å²) in [6.45, 7) is 3.84. The fourth-order valence-corrected chi connectivity index (χ4v) is 4.57. The van der Waals surface area contributed by atoms with Crippen molar-refractivity contribution in [3.8, 4) is 5.75 Å². The number of rotatable bonds is 8. The number of nitrogens with one attached hydrogen (secondary N) is 1. The molecule has 1 aliphatic rings. The third-order valence-electron chi connectivity index (χ3n) is 6.57. The predicted molar refractivity (Wildman–Crippen MR) is 132 cm³/mol. The summed E-state index contributed by atoms with van der Waals surface area (Å²) in [6.07, 6.45) is 6.52. The van der Waals surface area contributed by atoms with Crippen LogP contribution >= 0.6 is 0 Å². The number of carbonyl (C=O) groups excluding carboxylic acids is 2. The molecule has 0 unspecified atom stereocenters. The Hall–Kier alpha value is -3.54. The molecule has 1 heterocycles. The molecular weight excluding hydrogens is 428 g/mol. The average molecular weight is 461 g/mol. The molecule has 2 amide bonds. The zero-order valence-corrected chi connectivity index (χ0v) is 20.0. The summed E-state index contributed by atoms with van der Waals surface area (Å²) < 4.78 is 10.7. The summed E-state index contributed by atoms with van der Waals surface area (Å²) in [5.41, 5.74) is 2.97. The molecular formula is C28H32N2O4. The Kier molecular flexibility index (Phi) is 7.36. The first kappa shape index (κ1) is 23.6. The highest BCUT2D eigenvalue weighted by atomic mass is 16.5. The molecule has 1 saturated carbocycles. The number of aryl methyl sites for hydroxylation is 2. The first-order chi connectivity index (χ1) is 16.5. The van der Waals surface area contributed by atoms with Crippen molar-refractivity contribution in [1.82, 2.24) is 5.32 Å². The molecule has 0 aliphatic heterocycles. The van der Waals surface area contributed by atoms with Gasteiger partial charge in [-0.25, -0.2) is 0 Å². The second kappa shape index (κ2) is 10.6. The first-order valence-electron chi connectivity index (χ1n) is 11.9. The van der Waals surface area contributed by atoms with E-state index in [0.29, 0.717) is 28.3 Å². The van der Waals surface area contributed by atoms with Crippen molar-refractivity contribution in [3.05, 3.63) is 83.3 Å². The molecule has 1 fully saturated rings. The molecule has 4 rings (SSSR count). The highest BCUT2D eigenvalue weighted by Gasteiger charge is 2.35. The van der Waals surface area contributed by atoms with Gasteiger partial charge in [0.25, 0.3) is 5.91 Å². The maximum Gasteiger partial charge on any atom is 0.262 e. The Labute approximate surface area is 200 Å². The molecule has 178 valence electrons. The van der Waals surface area contributed by atoms with Crippen LogP contribution in [0.15, 0.2) is 65.3 Å². The molecule has 0 spiro atoms. The van der Waals surface area contributed by atoms with E-state index >= 15 is 0 Å². The minimum atomic E-state index is -0.846. The van der Waals surface area contributed by atoms with Crippen molar-refractivity contribution in [1.29, 1.82) is 0 Å². The van der Waals surface area contributed by atoms with Crippen LogP contribution in [0.3, 0.4) is 0 Å². The number of furan rings is 1. The molecule has 1 N–H and O–H groups in total. The van der Waals surface area contributed by atoms with E-state index in [2.05, 4.69) is 12.2 Å². The van der Waals surface area contributed by atoms with Crippen LogP contribution in [0.2, 0.25) is 0 Å². The number of hydrogen-bond acceptors (Lipinski definition) is 4. The molecule has 1 aliphatic carbocycles. The maximum absolute atomic E-state index is 13.9. The Balaban J connectivity index is 1.81. The lowest BCUT2D eigenvalue weighted by Crippen LogP contribution is -2.46. The van der Waals surface area contributed by atoms with Gasteiger partial charge < -0.3 is 14.5 Å². The molecule has 0 radical (unpaired) electrons. The van der Waals surface area contributed by atoms with Gasteiger partial charge in [-0.3, -0.25) is 14.5 Å². The largest absolute Gasteiger partial charge is 0.497 e. The van der Waals surface area contributed by atoms with Gasteiger partial charge in [0.05, 0.1) is 18.9 Å². The molecule has 34 heavy (non-hydrogen) atoms. The van der Waals surface area contributed by atoms with Crippen molar-refractivity contribution in [2.24, 2.45) is 0 Å². The highest BCUT2D eigenvalue weighted by Crippen LogP contribution is 2.32. The maximum atomic E-state index is 13.9. The van der Waals surface area contributed by atoms with Crippen molar-refractivity contribution in [2.45, 2.75) is 58.0 Å². The summed E-state index contributed by atoms with van der Waals surface area (Å²) in [7, 11) is 1.60. The fraction of sp³-hybridized carbons (Fsp3) is 0.357. The van der Waals surface area contributed by atoms with Crippen LogP contribution < -0.4 is 15.0 Å². The van der Waals surface area contributed by atoms with Gasteiger partial charge in [0.2, 0.25) is 5.91 Å². The van der Waals surface area contributed by atoms with Crippen molar-refractivity contribution < 1.29 is 18.7 Å². The number of ether oxygens (including phenoxy) is 1. The minimum absolute atomic E-state index is 0.128. The van der Waals surface area contributed by atoms with E-state index in [0.717, 1.165) is 37.7 Å². The van der Waals surface area contributed by atoms with Gasteiger partial charge in [0, 0.05) is 11.7 Å². The Bertz CT molecular complexity index is 1110. The predicted octanol–water partition coefficient (Wildman–Crippen LogP) is 5.61. The number of methoxy groups -OCH3 is 1. The summed E-state index contributed by atoms with van der Waals surface area (Å²) >= 11 is 0. The van der Waals surface area contributed by atoms with Gasteiger partial charge in [-0.15, -0.1) is 0 Å². The van der Waals surface area contributed by atoms with Gasteiger partial charge >= 0.3 is 0 Å². The lowest BCUT2D eigenvalue weighted by molar-refractivity contribution is -0.123. The normalized spacial score (nSPS) is 14.6. The number of benzene rings is 2. The molecule has 2 aromatic carbocycles. The van der Waals surface area contributed by atoms with Crippen molar-refractivity contribution >= 4 is 17.5 Å². The summed E-state index contributed by atoms with van der Waals surface area (Å²) in [5.74, 6) is 0.739. The first-order valence-corrected chi connectivity index (χ1v) is 11.9. The van der Waals surface area contributed by atoms with Crippen LogP contribution in [0.4, 0.5) is 5.69 Å². The van der Waals surface area contributed by atoms with Crippen LogP contribution in [-0.4, -0.2) is 25.0 Å². The molecule has 0 bridgehead atoms. The number of nitrogens with zero attached hydrogens (tertiary/aromatic N) is 1. The molecule has 0 saturated heterocycles. The number of anilines is 1. The number of hydrogen-bond donors (Lipinski definition) is 1. The standard InChI is InChI=1S/C28H32N2O4/c1-4-20-9-13-23(14-10-20)30(28(32)25-17-18-34-19(25)2)26(21-11-15-24(33-3)16-12-21)27(31)29-22-7-5-6-8-22/h9-18,22,26H,4-8H2,1-3H3,(H,29,31)/t26-/m0/s1. The van der Waals surface area contributed by atoms with E-state index in [1.807, 2.05) is 48.5 Å². The summed E-state index contributed by atoms with van der Waals surface area (Å²) in [6, 6.07) is 16.1. The van der Waals surface area contributed by atoms with Gasteiger partial charge in [-0.1, -0.05) is 44.0 Å². The summed E-state index contributed by atoms with van der Waals surface area (Å²) in [5, 5.41) is 3.21. The Morgan fingerprint density at radius 2 is 1.74 bits per heavy atom. The van der Waals surface area contributed by atoms with Gasteiger partial charge in [-0.2, -0.15) is 0 Å². The van der Waals surface area contributed by atoms with E-state index in [1.165, 1.54) is 6.26 Å². The van der Waals surface area contributed by atoms with Crippen molar-refractivity contribution in [3.63, 3.8) is 0 Å². The van der Waals surface area contributed by atoms with Crippen molar-refractivity contribution in [2.75, 3.05) is 12.0 Å². The number of amides is 2. The third-order valence-corrected chi connectivity index (χ3v) is 6.57. The Morgan fingerprint density at radius 1 is 1.06 bits per heavy atom. The van der Waals surface area contributed by atoms with E-state index in [1.54, 1.807) is 25.0 Å². The van der Waals surface area contributed by atoms with E-state index < -0.39 is 6.04 Å². The minimum Gasteiger partial charge on any atom is -0.497 e. The monoisotopic (exact) mass is 460 g/mol. The lowest BCUT2D eigenvalue weighted by Gasteiger charge is -2.32. The number of carbonyl (C=O) groups is 2. The molecule has 6 heteroatoms. The van der Waals surface area contributed by atoms with Crippen LogP contribution in [0.1, 0.15) is 65.9 Å². The van der Waals surface area contributed by atoms with Gasteiger partial charge in [0.15, 0.2) is 0 Å². The van der Waals surface area contributed by atoms with E-state index in [-0.39, 0.29) is 17.9 Å². The molecule has 1 atom stereocenters. The van der Waals surface area contributed by atoms with Crippen LogP contribution in [-0.2, 0) is 11.2 Å².